The molecule has 13 heavy (non-hydrogen) atoms. The van der Waals surface area contributed by atoms with Gasteiger partial charge in [0.2, 0.25) is 0 Å². The number of rotatable bonds is 5. The zero-order valence-electron chi connectivity index (χ0n) is 7.22. The number of hydrogen-bond acceptors (Lipinski definition) is 4. The molecule has 0 spiro atoms. The molecule has 0 aliphatic carbocycles. The number of nitrogens with zero attached hydrogens (tertiary/aromatic N) is 1. The number of nitrogens with two attached hydrogens (primary N) is 1. The Morgan fingerprint density at radius 1 is 1.54 bits per heavy atom. The molecule has 6 nitrogen and oxygen atoms in total. The molecule has 1 fully saturated rings. The Morgan fingerprint density at radius 3 is 2.62 bits per heavy atom. The molecule has 0 aromatic carbocycles. The van der Waals surface area contributed by atoms with Crippen LogP contribution in [0.1, 0.15) is 0 Å². The second-order valence-electron chi connectivity index (χ2n) is 3.03. The first kappa shape index (κ1) is 10.9. The Hall–Kier alpha value is -0.210. The lowest BCUT2D eigenvalue weighted by molar-refractivity contribution is 0.0325. The molecule has 1 aliphatic rings. The number of hydrogen-bond donors (Lipinski definition) is 2. The Balaban J connectivity index is 2.12. The third-order valence-corrected chi connectivity index (χ3v) is 2.89. The standard InChI is InChI=1S/C6H14N2O4S/c7-13(10,11)8-3-6(4-8)5-12-2-1-9/h6,9H,1-5H2,(H2,7,10,11). The van der Waals surface area contributed by atoms with E-state index in [1.54, 1.807) is 0 Å². The molecule has 1 aliphatic heterocycles. The molecule has 0 atom stereocenters. The van der Waals surface area contributed by atoms with E-state index in [1.165, 1.54) is 4.31 Å². The van der Waals surface area contributed by atoms with E-state index in [4.69, 9.17) is 15.0 Å². The lowest BCUT2D eigenvalue weighted by Crippen LogP contribution is -2.53. The highest BCUT2D eigenvalue weighted by atomic mass is 32.2. The predicted molar refractivity (Wildman–Crippen MR) is 46.1 cm³/mol. The molecule has 0 amide bonds. The third kappa shape index (κ3) is 3.20. The maximum Gasteiger partial charge on any atom is 0.276 e. The number of aliphatic hydroxyl groups excluding tert-OH is 1. The second-order valence-corrected chi connectivity index (χ2v) is 4.57. The summed E-state index contributed by atoms with van der Waals surface area (Å²) in [5.74, 6) is 0.213. The molecule has 1 rings (SSSR count). The fourth-order valence-corrected chi connectivity index (χ4v) is 1.99. The van der Waals surface area contributed by atoms with E-state index in [0.717, 1.165) is 0 Å². The quantitative estimate of drug-likeness (QED) is 0.520. The van der Waals surface area contributed by atoms with E-state index in [9.17, 15) is 8.42 Å². The van der Waals surface area contributed by atoms with Crippen molar-refractivity contribution in [3.8, 4) is 0 Å². The van der Waals surface area contributed by atoms with Gasteiger partial charge in [0.25, 0.3) is 10.2 Å². The second kappa shape index (κ2) is 4.34. The molecule has 0 unspecified atom stereocenters. The van der Waals surface area contributed by atoms with Crippen molar-refractivity contribution in [2.75, 3.05) is 32.9 Å². The molecule has 1 saturated heterocycles. The van der Waals surface area contributed by atoms with Gasteiger partial charge in [0.15, 0.2) is 0 Å². The van der Waals surface area contributed by atoms with Gasteiger partial charge in [0.1, 0.15) is 0 Å². The molecule has 0 saturated carbocycles. The third-order valence-electron chi connectivity index (χ3n) is 1.87. The highest BCUT2D eigenvalue weighted by Crippen LogP contribution is 2.17. The fourth-order valence-electron chi connectivity index (χ4n) is 1.15. The summed E-state index contributed by atoms with van der Waals surface area (Å²) in [5, 5.41) is 13.3. The first-order valence-corrected chi connectivity index (χ1v) is 5.51. The van der Waals surface area contributed by atoms with E-state index >= 15 is 0 Å². The Bertz CT molecular complexity index is 247. The lowest BCUT2D eigenvalue weighted by Gasteiger charge is -2.36. The first-order chi connectivity index (χ1) is 6.04. The van der Waals surface area contributed by atoms with Crippen molar-refractivity contribution in [1.82, 2.24) is 4.31 Å². The van der Waals surface area contributed by atoms with Crippen molar-refractivity contribution in [2.45, 2.75) is 0 Å². The smallest absolute Gasteiger partial charge is 0.276 e. The monoisotopic (exact) mass is 210 g/mol. The van der Waals surface area contributed by atoms with E-state index in [1.807, 2.05) is 0 Å². The van der Waals surface area contributed by atoms with Crippen molar-refractivity contribution in [2.24, 2.45) is 11.1 Å². The average molecular weight is 210 g/mol. The molecule has 0 bridgehead atoms. The molecule has 78 valence electrons. The molecular formula is C6H14N2O4S. The van der Waals surface area contributed by atoms with Gasteiger partial charge in [0, 0.05) is 19.0 Å². The minimum absolute atomic E-state index is 0.00831. The highest BCUT2D eigenvalue weighted by Gasteiger charge is 2.33. The van der Waals surface area contributed by atoms with Crippen LogP contribution < -0.4 is 5.14 Å². The minimum atomic E-state index is -3.50. The normalized spacial score (nSPS) is 20.2. The van der Waals surface area contributed by atoms with Crippen LogP contribution in [-0.4, -0.2) is 50.7 Å². The summed E-state index contributed by atoms with van der Waals surface area (Å²) in [7, 11) is -3.50. The Labute approximate surface area is 77.5 Å². The zero-order chi connectivity index (χ0) is 9.90. The number of ether oxygens (including phenoxy) is 1. The summed E-state index contributed by atoms with van der Waals surface area (Å²) in [6.45, 7) is 1.61. The summed E-state index contributed by atoms with van der Waals surface area (Å²) < 4.78 is 27.7. The van der Waals surface area contributed by atoms with Crippen molar-refractivity contribution in [3.63, 3.8) is 0 Å². The molecule has 0 aromatic rings. The summed E-state index contributed by atoms with van der Waals surface area (Å²) >= 11 is 0. The van der Waals surface area contributed by atoms with Gasteiger partial charge in [-0.2, -0.15) is 12.7 Å². The van der Waals surface area contributed by atoms with Crippen LogP contribution in [0.2, 0.25) is 0 Å². The SMILES string of the molecule is NS(=O)(=O)N1CC(COCCO)C1. The summed E-state index contributed by atoms with van der Waals surface area (Å²) in [5.41, 5.74) is 0. The van der Waals surface area contributed by atoms with Crippen molar-refractivity contribution in [3.05, 3.63) is 0 Å². The van der Waals surface area contributed by atoms with Crippen LogP contribution in [0.25, 0.3) is 0 Å². The van der Waals surface area contributed by atoms with E-state index < -0.39 is 10.2 Å². The van der Waals surface area contributed by atoms with Gasteiger partial charge in [-0.1, -0.05) is 0 Å². The topological polar surface area (TPSA) is 92.9 Å². The van der Waals surface area contributed by atoms with Crippen LogP contribution in [0, 0.1) is 5.92 Å². The van der Waals surface area contributed by atoms with E-state index in [2.05, 4.69) is 0 Å². The molecule has 1 heterocycles. The summed E-state index contributed by atoms with van der Waals surface area (Å²) in [4.78, 5) is 0. The molecule has 7 heteroatoms. The van der Waals surface area contributed by atoms with Crippen LogP contribution in [0.5, 0.6) is 0 Å². The van der Waals surface area contributed by atoms with Gasteiger partial charge in [-0.3, -0.25) is 0 Å². The molecule has 0 radical (unpaired) electrons. The van der Waals surface area contributed by atoms with Gasteiger partial charge in [-0.05, 0) is 0 Å². The van der Waals surface area contributed by atoms with Crippen LogP contribution >= 0.6 is 0 Å². The van der Waals surface area contributed by atoms with Gasteiger partial charge < -0.3 is 9.84 Å². The van der Waals surface area contributed by atoms with Gasteiger partial charge >= 0.3 is 0 Å². The number of aliphatic hydroxyl groups is 1. The van der Waals surface area contributed by atoms with Gasteiger partial charge in [0.05, 0.1) is 19.8 Å². The largest absolute Gasteiger partial charge is 0.394 e. The predicted octanol–water partition coefficient (Wildman–Crippen LogP) is -1.87. The Morgan fingerprint density at radius 2 is 2.15 bits per heavy atom. The van der Waals surface area contributed by atoms with Crippen molar-refractivity contribution in [1.29, 1.82) is 0 Å². The average Bonchev–Trinajstić information content (AvgIpc) is 1.91. The molecular weight excluding hydrogens is 196 g/mol. The zero-order valence-corrected chi connectivity index (χ0v) is 8.03. The summed E-state index contributed by atoms with van der Waals surface area (Å²) in [6, 6.07) is 0. The fraction of sp³-hybridized carbons (Fsp3) is 1.00. The minimum Gasteiger partial charge on any atom is -0.394 e. The highest BCUT2D eigenvalue weighted by molar-refractivity contribution is 7.86. The van der Waals surface area contributed by atoms with Crippen LogP contribution in [0.15, 0.2) is 0 Å². The first-order valence-electron chi connectivity index (χ1n) is 4.00. The van der Waals surface area contributed by atoms with Gasteiger partial charge in [-0.25, -0.2) is 5.14 Å². The van der Waals surface area contributed by atoms with E-state index in [0.29, 0.717) is 26.3 Å². The molecule has 0 aromatic heterocycles. The van der Waals surface area contributed by atoms with Crippen LogP contribution in [0.3, 0.4) is 0 Å². The Kier molecular flexibility index (Phi) is 3.63. The maximum atomic E-state index is 10.7. The van der Waals surface area contributed by atoms with Crippen molar-refractivity contribution < 1.29 is 18.3 Å². The van der Waals surface area contributed by atoms with E-state index in [-0.39, 0.29) is 12.5 Å². The maximum absolute atomic E-state index is 10.7. The van der Waals surface area contributed by atoms with Crippen LogP contribution in [0.4, 0.5) is 0 Å². The summed E-state index contributed by atoms with van der Waals surface area (Å²) in [6.07, 6.45) is 0. The van der Waals surface area contributed by atoms with Crippen molar-refractivity contribution >= 4 is 10.2 Å². The van der Waals surface area contributed by atoms with Gasteiger partial charge in [-0.15, -0.1) is 0 Å². The molecule has 3 N–H and O–H groups in total. The lowest BCUT2D eigenvalue weighted by atomic mass is 10.1. The van der Waals surface area contributed by atoms with Crippen LogP contribution in [-0.2, 0) is 14.9 Å².